The topological polar surface area (TPSA) is 99.6 Å². The second kappa shape index (κ2) is 9.37. The van der Waals surface area contributed by atoms with Gasteiger partial charge in [0.05, 0.1) is 18.3 Å². The Bertz CT molecular complexity index is 916. The third-order valence-corrected chi connectivity index (χ3v) is 5.61. The van der Waals surface area contributed by atoms with Gasteiger partial charge < -0.3 is 15.3 Å². The van der Waals surface area contributed by atoms with E-state index >= 15 is 0 Å². The van der Waals surface area contributed by atoms with E-state index < -0.39 is 12.1 Å². The van der Waals surface area contributed by atoms with Gasteiger partial charge in [0, 0.05) is 30.6 Å². The number of rotatable bonds is 4. The zero-order chi connectivity index (χ0) is 23.4. The maximum absolute atomic E-state index is 12.5. The molecule has 2 unspecified atom stereocenters. The van der Waals surface area contributed by atoms with Gasteiger partial charge >= 0.3 is 12.1 Å². The predicted molar refractivity (Wildman–Crippen MR) is 108 cm³/mol. The molecule has 2 heterocycles. The number of likely N-dealkylation sites (tertiary alicyclic amines) is 1. The van der Waals surface area contributed by atoms with Crippen molar-refractivity contribution in [2.45, 2.75) is 25.4 Å². The molecule has 2 fully saturated rings. The van der Waals surface area contributed by atoms with Crippen LogP contribution in [0, 0.1) is 11.3 Å². The van der Waals surface area contributed by atoms with Crippen molar-refractivity contribution in [1.29, 1.82) is 0 Å². The summed E-state index contributed by atoms with van der Waals surface area (Å²) in [5.74, 6) is -2.55. The summed E-state index contributed by atoms with van der Waals surface area (Å²) in [5, 5.41) is 10.1. The number of pyridine rings is 1. The highest BCUT2D eigenvalue weighted by atomic mass is 19.4. The molecule has 2 aliphatic rings. The average molecular weight is 449 g/mol. The molecule has 1 aliphatic carbocycles. The first-order valence-electron chi connectivity index (χ1n) is 9.93. The second-order valence-corrected chi connectivity index (χ2v) is 7.88. The van der Waals surface area contributed by atoms with Crippen LogP contribution >= 0.6 is 0 Å². The minimum Gasteiger partial charge on any atom is -0.475 e. The highest BCUT2D eigenvalue weighted by Gasteiger charge is 2.61. The largest absolute Gasteiger partial charge is 0.490 e. The van der Waals surface area contributed by atoms with Crippen LogP contribution in [0.3, 0.4) is 0 Å². The van der Waals surface area contributed by atoms with Gasteiger partial charge in [0.1, 0.15) is 0 Å². The molecule has 32 heavy (non-hydrogen) atoms. The number of benzene rings is 1. The third kappa shape index (κ3) is 5.83. The molecule has 2 atom stereocenters. The van der Waals surface area contributed by atoms with E-state index in [0.29, 0.717) is 13.0 Å². The fourth-order valence-corrected chi connectivity index (χ4v) is 3.83. The molecule has 1 aliphatic heterocycles. The Morgan fingerprint density at radius 3 is 2.44 bits per heavy atom. The normalized spacial score (nSPS) is 21.5. The van der Waals surface area contributed by atoms with Gasteiger partial charge in [-0.15, -0.1) is 0 Å². The van der Waals surface area contributed by atoms with Crippen molar-refractivity contribution >= 4 is 23.5 Å². The fourth-order valence-electron chi connectivity index (χ4n) is 3.83. The van der Waals surface area contributed by atoms with Crippen LogP contribution in [0.5, 0.6) is 0 Å². The lowest BCUT2D eigenvalue weighted by atomic mass is 10.0. The highest BCUT2D eigenvalue weighted by Crippen LogP contribution is 2.58. The maximum Gasteiger partial charge on any atom is 0.490 e. The van der Waals surface area contributed by atoms with Gasteiger partial charge in [0.25, 0.3) is 0 Å². The number of hydrogen-bond donors (Lipinski definition) is 2. The van der Waals surface area contributed by atoms with E-state index in [9.17, 15) is 22.8 Å². The van der Waals surface area contributed by atoms with Gasteiger partial charge in [-0.2, -0.15) is 13.2 Å². The summed E-state index contributed by atoms with van der Waals surface area (Å²) < 4.78 is 31.7. The summed E-state index contributed by atoms with van der Waals surface area (Å²) in [4.78, 5) is 39.8. The van der Waals surface area contributed by atoms with Crippen LogP contribution in [0.4, 0.5) is 18.9 Å². The molecule has 7 nitrogen and oxygen atoms in total. The number of anilines is 1. The van der Waals surface area contributed by atoms with Crippen LogP contribution in [-0.4, -0.2) is 52.0 Å². The second-order valence-electron chi connectivity index (χ2n) is 7.88. The Balaban J connectivity index is 0.000000360. The van der Waals surface area contributed by atoms with Gasteiger partial charge in [-0.1, -0.05) is 30.3 Å². The number of carbonyl (C=O) groups excluding carboxylic acids is 2. The molecule has 0 radical (unpaired) electrons. The Labute approximate surface area is 182 Å². The standard InChI is InChI=1S/C20H21N3O2.C2HF3O2/c24-18(11-15-5-2-1-3-6-15)23-10-8-20(14-23)12-17(20)19(25)22-16-7-4-9-21-13-16;3-2(4,5)1(6)7/h1-7,9,13,17H,8,10-12,14H2,(H,22,25);(H,6,7). The Morgan fingerprint density at radius 1 is 1.16 bits per heavy atom. The van der Waals surface area contributed by atoms with Crippen molar-refractivity contribution in [3.05, 3.63) is 60.4 Å². The minimum atomic E-state index is -5.08. The number of aromatic nitrogens is 1. The van der Waals surface area contributed by atoms with Crippen molar-refractivity contribution < 1.29 is 32.7 Å². The van der Waals surface area contributed by atoms with Gasteiger partial charge in [-0.25, -0.2) is 4.79 Å². The van der Waals surface area contributed by atoms with Crippen LogP contribution in [0.2, 0.25) is 0 Å². The number of nitrogens with zero attached hydrogens (tertiary/aromatic N) is 2. The molecule has 1 spiro atoms. The van der Waals surface area contributed by atoms with Gasteiger partial charge in [-0.05, 0) is 30.5 Å². The predicted octanol–water partition coefficient (Wildman–Crippen LogP) is 3.13. The molecule has 1 saturated heterocycles. The van der Waals surface area contributed by atoms with Crippen molar-refractivity contribution in [2.75, 3.05) is 18.4 Å². The Kier molecular flexibility index (Phi) is 6.81. The van der Waals surface area contributed by atoms with Crippen molar-refractivity contribution in [2.24, 2.45) is 11.3 Å². The highest BCUT2D eigenvalue weighted by molar-refractivity contribution is 5.95. The molecule has 1 saturated carbocycles. The number of alkyl halides is 3. The first kappa shape index (κ1) is 23.2. The number of halogens is 3. The zero-order valence-electron chi connectivity index (χ0n) is 17.0. The summed E-state index contributed by atoms with van der Waals surface area (Å²) in [5.41, 5.74) is 1.75. The van der Waals surface area contributed by atoms with Crippen molar-refractivity contribution in [3.8, 4) is 0 Å². The summed E-state index contributed by atoms with van der Waals surface area (Å²) in [6, 6.07) is 13.5. The maximum atomic E-state index is 12.5. The quantitative estimate of drug-likeness (QED) is 0.747. The SMILES string of the molecule is O=C(Nc1cccnc1)C1CC12CCN(C(=O)Cc1ccccc1)C2.O=C(O)C(F)(F)F. The molecule has 1 aromatic heterocycles. The van der Waals surface area contributed by atoms with Crippen LogP contribution in [0.25, 0.3) is 0 Å². The van der Waals surface area contributed by atoms with Crippen LogP contribution < -0.4 is 5.32 Å². The molecule has 170 valence electrons. The lowest BCUT2D eigenvalue weighted by Gasteiger charge is -2.17. The number of carbonyl (C=O) groups is 3. The number of nitrogens with one attached hydrogen (secondary N) is 1. The molecular formula is C22H22F3N3O4. The van der Waals surface area contributed by atoms with E-state index in [-0.39, 0.29) is 23.1 Å². The van der Waals surface area contributed by atoms with E-state index in [1.807, 2.05) is 41.3 Å². The Morgan fingerprint density at radius 2 is 1.84 bits per heavy atom. The van der Waals surface area contributed by atoms with Gasteiger partial charge in [0.2, 0.25) is 11.8 Å². The van der Waals surface area contributed by atoms with E-state index in [2.05, 4.69) is 10.3 Å². The lowest BCUT2D eigenvalue weighted by molar-refractivity contribution is -0.192. The molecule has 2 aromatic rings. The van der Waals surface area contributed by atoms with E-state index in [1.165, 1.54) is 0 Å². The molecule has 10 heteroatoms. The Hall–Kier alpha value is -3.43. The summed E-state index contributed by atoms with van der Waals surface area (Å²) >= 11 is 0. The van der Waals surface area contributed by atoms with E-state index in [1.54, 1.807) is 18.5 Å². The first-order chi connectivity index (χ1) is 15.1. The number of carboxylic acid groups (broad SMARTS) is 1. The number of carboxylic acids is 1. The van der Waals surface area contributed by atoms with Crippen LogP contribution in [0.15, 0.2) is 54.9 Å². The fraction of sp³-hybridized carbons (Fsp3) is 0.364. The van der Waals surface area contributed by atoms with E-state index in [0.717, 1.165) is 30.6 Å². The first-order valence-corrected chi connectivity index (χ1v) is 9.93. The minimum absolute atomic E-state index is 0.00207. The molecule has 2 N–H and O–H groups in total. The number of aliphatic carboxylic acids is 1. The third-order valence-electron chi connectivity index (χ3n) is 5.61. The molecule has 0 bridgehead atoms. The molecule has 2 amide bonds. The smallest absolute Gasteiger partial charge is 0.475 e. The van der Waals surface area contributed by atoms with Crippen molar-refractivity contribution in [3.63, 3.8) is 0 Å². The van der Waals surface area contributed by atoms with E-state index in [4.69, 9.17) is 9.90 Å². The molecule has 4 rings (SSSR count). The zero-order valence-corrected chi connectivity index (χ0v) is 17.0. The summed E-state index contributed by atoms with van der Waals surface area (Å²) in [6.45, 7) is 1.45. The average Bonchev–Trinajstić information content (AvgIpc) is 3.29. The van der Waals surface area contributed by atoms with Crippen LogP contribution in [0.1, 0.15) is 18.4 Å². The molecular weight excluding hydrogens is 427 g/mol. The van der Waals surface area contributed by atoms with Gasteiger partial charge in [0.15, 0.2) is 0 Å². The summed E-state index contributed by atoms with van der Waals surface area (Å²) in [7, 11) is 0. The van der Waals surface area contributed by atoms with Gasteiger partial charge in [-0.3, -0.25) is 14.6 Å². The monoisotopic (exact) mass is 449 g/mol. The van der Waals surface area contributed by atoms with Crippen LogP contribution in [-0.2, 0) is 20.8 Å². The lowest BCUT2D eigenvalue weighted by Crippen LogP contribution is -2.31. The number of amides is 2. The summed E-state index contributed by atoms with van der Waals surface area (Å²) in [6.07, 6.45) is 0.467. The molecule has 1 aromatic carbocycles. The number of hydrogen-bond acceptors (Lipinski definition) is 4. The van der Waals surface area contributed by atoms with Crippen molar-refractivity contribution in [1.82, 2.24) is 9.88 Å².